The molecule has 1 aliphatic heterocycles. The molecule has 0 bridgehead atoms. The summed E-state index contributed by atoms with van der Waals surface area (Å²) in [5, 5.41) is 1.09. The first kappa shape index (κ1) is 12.5. The van der Waals surface area contributed by atoms with Crippen LogP contribution in [0.5, 0.6) is 0 Å². The van der Waals surface area contributed by atoms with Crippen molar-refractivity contribution in [3.8, 4) is 0 Å². The topological polar surface area (TPSA) is 18.5 Å². The molecule has 0 N–H and O–H groups in total. The van der Waals surface area contributed by atoms with Gasteiger partial charge in [0.25, 0.3) is 0 Å². The standard InChI is InChI=1S/C11H21BrO2/c1-10(5-7-12)6-9-14-11-4-2-3-8-13-11/h10-11H,2-9H2,1H3. The van der Waals surface area contributed by atoms with Gasteiger partial charge in [-0.05, 0) is 38.0 Å². The van der Waals surface area contributed by atoms with E-state index in [0.717, 1.165) is 37.3 Å². The van der Waals surface area contributed by atoms with E-state index >= 15 is 0 Å². The monoisotopic (exact) mass is 264 g/mol. The summed E-state index contributed by atoms with van der Waals surface area (Å²) in [6.07, 6.45) is 5.98. The number of rotatable bonds is 6. The van der Waals surface area contributed by atoms with Crippen molar-refractivity contribution in [3.63, 3.8) is 0 Å². The van der Waals surface area contributed by atoms with Crippen molar-refractivity contribution < 1.29 is 9.47 Å². The van der Waals surface area contributed by atoms with Crippen LogP contribution < -0.4 is 0 Å². The Hall–Kier alpha value is 0.400. The van der Waals surface area contributed by atoms with E-state index in [0.29, 0.717) is 0 Å². The van der Waals surface area contributed by atoms with Gasteiger partial charge in [0.2, 0.25) is 0 Å². The van der Waals surface area contributed by atoms with Crippen LogP contribution in [-0.4, -0.2) is 24.8 Å². The van der Waals surface area contributed by atoms with Gasteiger partial charge >= 0.3 is 0 Å². The highest BCUT2D eigenvalue weighted by atomic mass is 79.9. The maximum atomic E-state index is 5.66. The van der Waals surface area contributed by atoms with E-state index in [4.69, 9.17) is 9.47 Å². The predicted octanol–water partition coefficient (Wildman–Crippen LogP) is 3.34. The average Bonchev–Trinajstić information content (AvgIpc) is 2.20. The minimum atomic E-state index is 0.0833. The Morgan fingerprint density at radius 1 is 1.43 bits per heavy atom. The fourth-order valence-electron chi connectivity index (χ4n) is 1.57. The van der Waals surface area contributed by atoms with Gasteiger partial charge in [-0.25, -0.2) is 0 Å². The molecule has 0 spiro atoms. The van der Waals surface area contributed by atoms with E-state index in [1.54, 1.807) is 0 Å². The molecule has 1 saturated heterocycles. The Bertz CT molecular complexity index is 135. The molecule has 0 amide bonds. The van der Waals surface area contributed by atoms with Gasteiger partial charge in [0.05, 0.1) is 0 Å². The molecule has 0 aliphatic carbocycles. The molecule has 0 saturated carbocycles. The zero-order chi connectivity index (χ0) is 10.2. The van der Waals surface area contributed by atoms with E-state index in [1.807, 2.05) is 0 Å². The minimum absolute atomic E-state index is 0.0833. The van der Waals surface area contributed by atoms with Crippen molar-refractivity contribution in [1.82, 2.24) is 0 Å². The van der Waals surface area contributed by atoms with Crippen LogP contribution in [0.1, 0.15) is 39.0 Å². The Kier molecular flexibility index (Phi) is 6.82. The van der Waals surface area contributed by atoms with Crippen molar-refractivity contribution in [2.24, 2.45) is 5.92 Å². The van der Waals surface area contributed by atoms with Gasteiger partial charge in [-0.1, -0.05) is 22.9 Å². The van der Waals surface area contributed by atoms with Crippen LogP contribution >= 0.6 is 15.9 Å². The quantitative estimate of drug-likeness (QED) is 0.686. The molecule has 3 heteroatoms. The van der Waals surface area contributed by atoms with Gasteiger partial charge in [-0.15, -0.1) is 0 Å². The number of alkyl halides is 1. The SMILES string of the molecule is CC(CCBr)CCOC1CCCCO1. The number of hydrogen-bond donors (Lipinski definition) is 0. The molecule has 1 heterocycles. The van der Waals surface area contributed by atoms with Gasteiger partial charge in [0.15, 0.2) is 6.29 Å². The third-order valence-corrected chi connectivity index (χ3v) is 3.11. The summed E-state index contributed by atoms with van der Waals surface area (Å²) >= 11 is 3.45. The summed E-state index contributed by atoms with van der Waals surface area (Å²) in [5.41, 5.74) is 0. The molecule has 0 aromatic carbocycles. The second kappa shape index (κ2) is 7.66. The molecular formula is C11H21BrO2. The lowest BCUT2D eigenvalue weighted by Gasteiger charge is -2.23. The fourth-order valence-corrected chi connectivity index (χ4v) is 2.36. The van der Waals surface area contributed by atoms with E-state index in [9.17, 15) is 0 Å². The third kappa shape index (κ3) is 5.32. The fraction of sp³-hybridized carbons (Fsp3) is 1.00. The Balaban J connectivity index is 1.96. The van der Waals surface area contributed by atoms with E-state index in [2.05, 4.69) is 22.9 Å². The van der Waals surface area contributed by atoms with Gasteiger partial charge in [-0.3, -0.25) is 0 Å². The number of ether oxygens (including phenoxy) is 2. The molecule has 84 valence electrons. The molecular weight excluding hydrogens is 244 g/mol. The van der Waals surface area contributed by atoms with Crippen LogP contribution in [0.4, 0.5) is 0 Å². The lowest BCUT2D eigenvalue weighted by atomic mass is 10.1. The molecule has 2 unspecified atom stereocenters. The summed E-state index contributed by atoms with van der Waals surface area (Å²) in [6.45, 7) is 3.99. The number of hydrogen-bond acceptors (Lipinski definition) is 2. The largest absolute Gasteiger partial charge is 0.353 e. The van der Waals surface area contributed by atoms with Gasteiger partial charge in [-0.2, -0.15) is 0 Å². The van der Waals surface area contributed by atoms with Gasteiger partial charge in [0.1, 0.15) is 0 Å². The van der Waals surface area contributed by atoms with E-state index < -0.39 is 0 Å². The van der Waals surface area contributed by atoms with Crippen molar-refractivity contribution >= 4 is 15.9 Å². The highest BCUT2D eigenvalue weighted by Crippen LogP contribution is 2.15. The zero-order valence-corrected chi connectivity index (χ0v) is 10.6. The molecule has 14 heavy (non-hydrogen) atoms. The van der Waals surface area contributed by atoms with Crippen LogP contribution in [0.2, 0.25) is 0 Å². The summed E-state index contributed by atoms with van der Waals surface area (Å²) in [6, 6.07) is 0. The maximum Gasteiger partial charge on any atom is 0.157 e. The van der Waals surface area contributed by atoms with E-state index in [-0.39, 0.29) is 6.29 Å². The summed E-state index contributed by atoms with van der Waals surface area (Å²) in [7, 11) is 0. The van der Waals surface area contributed by atoms with Crippen molar-refractivity contribution in [2.45, 2.75) is 45.3 Å². The Morgan fingerprint density at radius 2 is 2.29 bits per heavy atom. The molecule has 0 radical (unpaired) electrons. The highest BCUT2D eigenvalue weighted by molar-refractivity contribution is 9.09. The molecule has 1 fully saturated rings. The number of halogens is 1. The van der Waals surface area contributed by atoms with Crippen LogP contribution in [0, 0.1) is 5.92 Å². The lowest BCUT2D eigenvalue weighted by molar-refractivity contribution is -0.163. The third-order valence-electron chi connectivity index (χ3n) is 2.65. The Labute approximate surface area is 95.5 Å². The first-order valence-corrected chi connectivity index (χ1v) is 6.74. The molecule has 2 atom stereocenters. The van der Waals surface area contributed by atoms with Crippen LogP contribution in [0.15, 0.2) is 0 Å². The molecule has 1 aliphatic rings. The second-order valence-electron chi connectivity index (χ2n) is 4.04. The minimum Gasteiger partial charge on any atom is -0.353 e. The molecule has 1 rings (SSSR count). The predicted molar refractivity (Wildman–Crippen MR) is 61.7 cm³/mol. The van der Waals surface area contributed by atoms with Crippen molar-refractivity contribution in [3.05, 3.63) is 0 Å². The first-order valence-electron chi connectivity index (χ1n) is 5.62. The van der Waals surface area contributed by atoms with E-state index in [1.165, 1.54) is 19.3 Å². The average molecular weight is 265 g/mol. The zero-order valence-electron chi connectivity index (χ0n) is 9.01. The Morgan fingerprint density at radius 3 is 2.93 bits per heavy atom. The van der Waals surface area contributed by atoms with Crippen molar-refractivity contribution in [2.75, 3.05) is 18.5 Å². The summed E-state index contributed by atoms with van der Waals surface area (Å²) in [4.78, 5) is 0. The van der Waals surface area contributed by atoms with Crippen molar-refractivity contribution in [1.29, 1.82) is 0 Å². The van der Waals surface area contributed by atoms with Crippen LogP contribution in [-0.2, 0) is 9.47 Å². The highest BCUT2D eigenvalue weighted by Gasteiger charge is 2.13. The first-order chi connectivity index (χ1) is 6.83. The smallest absolute Gasteiger partial charge is 0.157 e. The van der Waals surface area contributed by atoms with Gasteiger partial charge < -0.3 is 9.47 Å². The van der Waals surface area contributed by atoms with Crippen LogP contribution in [0.3, 0.4) is 0 Å². The molecule has 0 aromatic heterocycles. The summed E-state index contributed by atoms with van der Waals surface area (Å²) in [5.74, 6) is 0.748. The maximum absolute atomic E-state index is 5.66. The normalized spacial score (nSPS) is 24.9. The lowest BCUT2D eigenvalue weighted by Crippen LogP contribution is -2.23. The van der Waals surface area contributed by atoms with Crippen LogP contribution in [0.25, 0.3) is 0 Å². The summed E-state index contributed by atoms with van der Waals surface area (Å²) < 4.78 is 11.2. The second-order valence-corrected chi connectivity index (χ2v) is 4.83. The molecule has 2 nitrogen and oxygen atoms in total. The van der Waals surface area contributed by atoms with Gasteiger partial charge in [0, 0.05) is 18.5 Å². The molecule has 0 aromatic rings.